The van der Waals surface area contributed by atoms with E-state index < -0.39 is 18.1 Å². The van der Waals surface area contributed by atoms with Crippen LogP contribution in [0.15, 0.2) is 0 Å². The van der Waals surface area contributed by atoms with Gasteiger partial charge in [-0.2, -0.15) is 0 Å². The molecule has 0 heterocycles. The van der Waals surface area contributed by atoms with Crippen molar-refractivity contribution in [2.24, 2.45) is 0 Å². The van der Waals surface area contributed by atoms with Crippen molar-refractivity contribution in [2.45, 2.75) is 244 Å². The Morgan fingerprint density at radius 1 is 0.473 bits per heavy atom. The molecule has 8 heteroatoms. The number of carboxylic acids is 1. The highest BCUT2D eigenvalue weighted by atomic mass is 16.6. The number of carbonyl (C=O) groups excluding carboxylic acids is 3. The molecule has 55 heavy (non-hydrogen) atoms. The average Bonchev–Trinajstić information content (AvgIpc) is 3.14. The zero-order valence-corrected chi connectivity index (χ0v) is 37.1. The van der Waals surface area contributed by atoms with Crippen LogP contribution in [0.3, 0.4) is 0 Å². The first-order valence-electron chi connectivity index (χ1n) is 23.6. The van der Waals surface area contributed by atoms with E-state index in [1.807, 2.05) is 0 Å². The molecule has 0 N–H and O–H groups in total. The maximum absolute atomic E-state index is 12.7. The van der Waals surface area contributed by atoms with E-state index in [0.29, 0.717) is 12.8 Å². The monoisotopic (exact) mass is 782 g/mol. The normalized spacial score (nSPS) is 12.8. The molecule has 0 aliphatic carbocycles. The van der Waals surface area contributed by atoms with Gasteiger partial charge in [0.05, 0.1) is 40.3 Å². The third-order valence-electron chi connectivity index (χ3n) is 11.0. The molecule has 0 rings (SSSR count). The Morgan fingerprint density at radius 2 is 0.800 bits per heavy atom. The molecule has 0 spiro atoms. The first-order valence-corrected chi connectivity index (χ1v) is 23.6. The molecule has 0 radical (unpaired) electrons. The fourth-order valence-corrected chi connectivity index (χ4v) is 7.31. The van der Waals surface area contributed by atoms with Crippen LogP contribution in [0, 0.1) is 0 Å². The maximum atomic E-state index is 12.7. The number of hydrogen-bond acceptors (Lipinski definition) is 7. The van der Waals surface area contributed by atoms with Gasteiger partial charge >= 0.3 is 11.9 Å². The molecular formula is C47H91NO7. The van der Waals surface area contributed by atoms with Gasteiger partial charge in [-0.3, -0.25) is 9.59 Å². The first-order chi connectivity index (χ1) is 26.6. The van der Waals surface area contributed by atoms with Gasteiger partial charge in [-0.1, -0.05) is 200 Å². The van der Waals surface area contributed by atoms with Gasteiger partial charge in [-0.15, -0.1) is 0 Å². The number of likely N-dealkylation sites (N-methyl/N-ethyl adjacent to an activating group) is 1. The summed E-state index contributed by atoms with van der Waals surface area (Å²) in [6.07, 6.45) is 39.8. The number of esters is 2. The summed E-state index contributed by atoms with van der Waals surface area (Å²) in [5, 5.41) is 11.6. The molecule has 0 amide bonds. The van der Waals surface area contributed by atoms with Gasteiger partial charge in [-0.05, 0) is 12.8 Å². The molecule has 0 aromatic rings. The van der Waals surface area contributed by atoms with Crippen molar-refractivity contribution >= 4 is 17.9 Å². The number of aliphatic carboxylic acids is 1. The predicted molar refractivity (Wildman–Crippen MR) is 227 cm³/mol. The lowest BCUT2D eigenvalue weighted by Crippen LogP contribution is -2.55. The molecule has 0 aromatic heterocycles. The molecule has 0 fully saturated rings. The van der Waals surface area contributed by atoms with Gasteiger partial charge in [0.15, 0.2) is 6.10 Å². The van der Waals surface area contributed by atoms with Crippen molar-refractivity contribution in [3.63, 3.8) is 0 Å². The third kappa shape index (κ3) is 37.7. The Morgan fingerprint density at radius 3 is 1.13 bits per heavy atom. The van der Waals surface area contributed by atoms with Crippen LogP contribution in [-0.2, 0) is 28.6 Å². The Kier molecular flexibility index (Phi) is 38.0. The predicted octanol–water partition coefficient (Wildman–Crippen LogP) is 11.6. The van der Waals surface area contributed by atoms with Crippen LogP contribution >= 0.6 is 0 Å². The van der Waals surface area contributed by atoms with Crippen molar-refractivity contribution in [1.82, 2.24) is 0 Å². The summed E-state index contributed by atoms with van der Waals surface area (Å²) in [6.45, 7) is 4.70. The maximum Gasteiger partial charge on any atom is 0.306 e. The zero-order chi connectivity index (χ0) is 40.7. The van der Waals surface area contributed by atoms with Crippen LogP contribution < -0.4 is 5.11 Å². The highest BCUT2D eigenvalue weighted by Crippen LogP contribution is 2.16. The molecule has 8 nitrogen and oxygen atoms in total. The van der Waals surface area contributed by atoms with Crippen molar-refractivity contribution in [1.29, 1.82) is 0 Å². The van der Waals surface area contributed by atoms with Gasteiger partial charge in [0.25, 0.3) is 0 Å². The van der Waals surface area contributed by atoms with E-state index in [1.165, 1.54) is 161 Å². The minimum atomic E-state index is -1.12. The van der Waals surface area contributed by atoms with Gasteiger partial charge < -0.3 is 28.6 Å². The van der Waals surface area contributed by atoms with E-state index in [1.54, 1.807) is 21.1 Å². The third-order valence-corrected chi connectivity index (χ3v) is 11.0. The molecule has 0 bridgehead atoms. The number of ether oxygens (including phenoxy) is 3. The second kappa shape index (κ2) is 39.2. The lowest BCUT2D eigenvalue weighted by atomic mass is 10.0. The number of nitrogens with zero attached hydrogens (tertiary/aromatic N) is 1. The lowest BCUT2D eigenvalue weighted by Gasteiger charge is -2.34. The fourth-order valence-electron chi connectivity index (χ4n) is 7.31. The van der Waals surface area contributed by atoms with E-state index in [0.717, 1.165) is 38.5 Å². The number of carbonyl (C=O) groups is 3. The smallest absolute Gasteiger partial charge is 0.306 e. The van der Waals surface area contributed by atoms with Gasteiger partial charge in [0, 0.05) is 19.3 Å². The molecule has 2 unspecified atom stereocenters. The van der Waals surface area contributed by atoms with E-state index >= 15 is 0 Å². The number of carboxylic acid groups (broad SMARTS) is 1. The fraction of sp³-hybridized carbons (Fsp3) is 0.936. The second-order valence-electron chi connectivity index (χ2n) is 17.4. The number of rotatable bonds is 43. The summed E-state index contributed by atoms with van der Waals surface area (Å²) in [6, 6.07) is -0.719. The molecular weight excluding hydrogens is 691 g/mol. The molecule has 326 valence electrons. The molecule has 0 saturated carbocycles. The van der Waals surface area contributed by atoms with Crippen LogP contribution in [0.2, 0.25) is 0 Å². The summed E-state index contributed by atoms with van der Waals surface area (Å²) >= 11 is 0. The van der Waals surface area contributed by atoms with Crippen LogP contribution in [0.4, 0.5) is 0 Å². The molecule has 0 aliphatic rings. The van der Waals surface area contributed by atoms with E-state index in [2.05, 4.69) is 13.8 Å². The Balaban J connectivity index is 4.20. The summed E-state index contributed by atoms with van der Waals surface area (Å²) in [7, 11) is 5.42. The summed E-state index contributed by atoms with van der Waals surface area (Å²) in [5.74, 6) is -1.71. The molecule has 0 saturated heterocycles. The van der Waals surface area contributed by atoms with Crippen molar-refractivity contribution in [3.8, 4) is 0 Å². The van der Waals surface area contributed by atoms with Crippen LogP contribution in [0.5, 0.6) is 0 Å². The molecule has 0 aromatic carbocycles. The minimum Gasteiger partial charge on any atom is -0.544 e. The van der Waals surface area contributed by atoms with Crippen LogP contribution in [0.25, 0.3) is 0 Å². The second-order valence-corrected chi connectivity index (χ2v) is 17.4. The van der Waals surface area contributed by atoms with Crippen molar-refractivity contribution in [3.05, 3.63) is 0 Å². The topological polar surface area (TPSA) is 102 Å². The van der Waals surface area contributed by atoms with Crippen molar-refractivity contribution < 1.29 is 38.2 Å². The Bertz CT molecular complexity index is 874. The minimum absolute atomic E-state index is 0.0492. The summed E-state index contributed by atoms with van der Waals surface area (Å²) < 4.78 is 17.2. The molecule has 2 atom stereocenters. The van der Waals surface area contributed by atoms with Gasteiger partial charge in [0.2, 0.25) is 0 Å². The Hall–Kier alpha value is -1.67. The van der Waals surface area contributed by atoms with Crippen LogP contribution in [0.1, 0.15) is 232 Å². The number of hydrogen-bond donors (Lipinski definition) is 0. The highest BCUT2D eigenvalue weighted by molar-refractivity contribution is 5.70. The largest absolute Gasteiger partial charge is 0.544 e. The standard InChI is InChI=1S/C47H91NO7/c1-6-8-10-12-14-16-18-20-21-22-23-24-25-26-28-29-31-33-35-37-45(49)54-42-43(41-53-40-39-44(47(51)52)48(3,4)5)55-46(50)38-36-34-32-30-27-19-17-15-13-11-9-7-2/h43-44H,6-42H2,1-5H3. The SMILES string of the molecule is CCCCCCCCCCCCCCCCCCCCCC(=O)OCC(COCCC(C(=O)[O-])[N+](C)(C)C)OC(=O)CCCCCCCCCCCCCC. The Labute approximate surface area is 340 Å². The number of quaternary nitrogens is 1. The average molecular weight is 782 g/mol. The van der Waals surface area contributed by atoms with E-state index in [-0.39, 0.29) is 42.7 Å². The quantitative estimate of drug-likeness (QED) is 0.0345. The van der Waals surface area contributed by atoms with E-state index in [9.17, 15) is 19.5 Å². The van der Waals surface area contributed by atoms with Crippen LogP contribution in [-0.4, -0.2) is 75.5 Å². The molecule has 0 aliphatic heterocycles. The van der Waals surface area contributed by atoms with Gasteiger partial charge in [-0.25, -0.2) is 0 Å². The highest BCUT2D eigenvalue weighted by Gasteiger charge is 2.25. The lowest BCUT2D eigenvalue weighted by molar-refractivity contribution is -0.889. The summed E-state index contributed by atoms with van der Waals surface area (Å²) in [5.41, 5.74) is 0. The first kappa shape index (κ1) is 53.3. The van der Waals surface area contributed by atoms with E-state index in [4.69, 9.17) is 14.2 Å². The number of unbranched alkanes of at least 4 members (excludes halogenated alkanes) is 29. The van der Waals surface area contributed by atoms with Crippen molar-refractivity contribution in [2.75, 3.05) is 41.0 Å². The zero-order valence-electron chi connectivity index (χ0n) is 37.1. The summed E-state index contributed by atoms with van der Waals surface area (Å²) in [4.78, 5) is 36.9. The van der Waals surface area contributed by atoms with Gasteiger partial charge in [0.1, 0.15) is 12.6 Å².